The first kappa shape index (κ1) is 25.9. The van der Waals surface area contributed by atoms with Gasteiger partial charge in [0.05, 0.1) is 0 Å². The van der Waals surface area contributed by atoms with E-state index in [1.165, 1.54) is 0 Å². The first-order valence-corrected chi connectivity index (χ1v) is 17.7. The molecule has 4 heteroatoms. The standard InChI is InChI=1S/C36H28F2Si2/c37-39(27-29-13-3-1-4-14-29,35-23-11-19-31-17-7-9-21-33(31)35)25-26-40(38,28-30-15-5-2-6-16-30)36-24-12-20-32-18-8-10-22-34(32)36/h1-24H,27-28H2. The van der Waals surface area contributed by atoms with Crippen molar-refractivity contribution in [1.29, 1.82) is 0 Å². The maximum Gasteiger partial charge on any atom is 0.358 e. The molecular formula is C36H28F2Si2. The molecule has 2 unspecified atom stereocenters. The number of halogens is 2. The topological polar surface area (TPSA) is 0 Å². The van der Waals surface area contributed by atoms with E-state index in [1.807, 2.05) is 146 Å². The van der Waals surface area contributed by atoms with Gasteiger partial charge in [0, 0.05) is 12.1 Å². The molecule has 0 bridgehead atoms. The van der Waals surface area contributed by atoms with Gasteiger partial charge in [-0.2, -0.15) is 0 Å². The summed E-state index contributed by atoms with van der Waals surface area (Å²) in [5.74, 6) is 0. The third kappa shape index (κ3) is 5.27. The fourth-order valence-corrected chi connectivity index (χ4v) is 11.5. The molecule has 0 spiro atoms. The first-order valence-electron chi connectivity index (χ1n) is 13.5. The second-order valence-corrected chi connectivity index (χ2v) is 15.7. The van der Waals surface area contributed by atoms with E-state index in [2.05, 4.69) is 11.1 Å². The molecule has 6 aromatic rings. The van der Waals surface area contributed by atoms with Gasteiger partial charge in [-0.3, -0.25) is 8.22 Å². The molecule has 2 atom stereocenters. The lowest BCUT2D eigenvalue weighted by atomic mass is 10.1. The van der Waals surface area contributed by atoms with Crippen LogP contribution in [0.1, 0.15) is 11.1 Å². The second-order valence-electron chi connectivity index (χ2n) is 10.2. The highest BCUT2D eigenvalue weighted by Crippen LogP contribution is 2.23. The Bertz CT molecular complexity index is 1700. The van der Waals surface area contributed by atoms with Crippen LogP contribution in [0.2, 0.25) is 0 Å². The van der Waals surface area contributed by atoms with E-state index in [1.54, 1.807) is 0 Å². The van der Waals surface area contributed by atoms with Crippen LogP contribution in [-0.2, 0) is 12.1 Å². The number of hydrogen-bond donors (Lipinski definition) is 0. The van der Waals surface area contributed by atoms with Crippen molar-refractivity contribution in [1.82, 2.24) is 0 Å². The van der Waals surface area contributed by atoms with Gasteiger partial charge in [0.2, 0.25) is 0 Å². The van der Waals surface area contributed by atoms with Gasteiger partial charge >= 0.3 is 16.8 Å². The molecule has 0 N–H and O–H groups in total. The van der Waals surface area contributed by atoms with Gasteiger partial charge < -0.3 is 0 Å². The molecule has 0 saturated carbocycles. The molecule has 6 aromatic carbocycles. The molecule has 0 saturated heterocycles. The summed E-state index contributed by atoms with van der Waals surface area (Å²) in [4.78, 5) is 0. The molecule has 0 heterocycles. The molecule has 0 nitrogen and oxygen atoms in total. The first-order chi connectivity index (χ1) is 19.5. The quantitative estimate of drug-likeness (QED) is 0.113. The molecule has 0 aromatic heterocycles. The number of hydrogen-bond acceptors (Lipinski definition) is 0. The third-order valence-corrected chi connectivity index (χ3v) is 13.1. The van der Waals surface area contributed by atoms with E-state index < -0.39 is 16.8 Å². The van der Waals surface area contributed by atoms with Gasteiger partial charge in [-0.1, -0.05) is 157 Å². The molecule has 194 valence electrons. The molecule has 6 rings (SSSR count). The summed E-state index contributed by atoms with van der Waals surface area (Å²) in [5.41, 5.74) is 7.92. The van der Waals surface area contributed by atoms with Crippen molar-refractivity contribution < 1.29 is 8.22 Å². The fraction of sp³-hybridized carbons (Fsp3) is 0.0556. The van der Waals surface area contributed by atoms with Gasteiger partial charge in [-0.15, -0.1) is 0 Å². The van der Waals surface area contributed by atoms with Crippen molar-refractivity contribution in [2.24, 2.45) is 0 Å². The van der Waals surface area contributed by atoms with Crippen molar-refractivity contribution in [3.8, 4) is 11.1 Å². The Labute approximate surface area is 236 Å². The Morgan fingerprint density at radius 3 is 1.18 bits per heavy atom. The summed E-state index contributed by atoms with van der Waals surface area (Å²) < 4.78 is 35.3. The summed E-state index contributed by atoms with van der Waals surface area (Å²) in [7, 11) is -8.05. The van der Waals surface area contributed by atoms with Crippen LogP contribution in [0.4, 0.5) is 8.22 Å². The zero-order chi connectivity index (χ0) is 27.4. The summed E-state index contributed by atoms with van der Waals surface area (Å²) in [5, 5.41) is 4.84. The zero-order valence-electron chi connectivity index (χ0n) is 22.0. The Hall–Kier alpha value is -4.31. The van der Waals surface area contributed by atoms with Gasteiger partial charge in [-0.25, -0.2) is 0 Å². The van der Waals surface area contributed by atoms with E-state index >= 15 is 8.22 Å². The van der Waals surface area contributed by atoms with E-state index in [-0.39, 0.29) is 12.1 Å². The molecule has 0 fully saturated rings. The fourth-order valence-electron chi connectivity index (χ4n) is 5.51. The van der Waals surface area contributed by atoms with Crippen molar-refractivity contribution in [2.45, 2.75) is 12.1 Å². The molecule has 0 radical (unpaired) electrons. The lowest BCUT2D eigenvalue weighted by molar-refractivity contribution is 0.809. The molecule has 0 aliphatic heterocycles. The van der Waals surface area contributed by atoms with Gasteiger partial charge in [-0.05, 0) is 43.0 Å². The smallest absolute Gasteiger partial charge is 0.291 e. The molecule has 0 amide bonds. The van der Waals surface area contributed by atoms with Crippen LogP contribution in [0.15, 0.2) is 146 Å². The number of fused-ring (bicyclic) bond motifs is 2. The summed E-state index contributed by atoms with van der Waals surface area (Å²) >= 11 is 0. The lowest BCUT2D eigenvalue weighted by Gasteiger charge is -2.22. The average molecular weight is 555 g/mol. The zero-order valence-corrected chi connectivity index (χ0v) is 24.0. The lowest BCUT2D eigenvalue weighted by Crippen LogP contribution is -2.49. The van der Waals surface area contributed by atoms with Crippen LogP contribution in [0.25, 0.3) is 21.5 Å². The Morgan fingerprint density at radius 1 is 0.400 bits per heavy atom. The normalized spacial score (nSPS) is 14.2. The predicted octanol–water partition coefficient (Wildman–Crippen LogP) is 7.58. The predicted molar refractivity (Wildman–Crippen MR) is 169 cm³/mol. The third-order valence-electron chi connectivity index (χ3n) is 7.47. The monoisotopic (exact) mass is 554 g/mol. The molecular weight excluding hydrogens is 527 g/mol. The summed E-state index contributed by atoms with van der Waals surface area (Å²) in [6.45, 7) is 0. The minimum atomic E-state index is -4.02. The van der Waals surface area contributed by atoms with Crippen molar-refractivity contribution in [3.05, 3.63) is 157 Å². The average Bonchev–Trinajstić information content (AvgIpc) is 3.00. The molecule has 0 aliphatic rings. The van der Waals surface area contributed by atoms with E-state index in [9.17, 15) is 0 Å². The van der Waals surface area contributed by atoms with E-state index in [0.717, 1.165) is 32.7 Å². The molecule has 0 aliphatic carbocycles. The van der Waals surface area contributed by atoms with Crippen LogP contribution in [0, 0.1) is 11.1 Å². The van der Waals surface area contributed by atoms with Crippen LogP contribution in [-0.4, -0.2) is 16.8 Å². The highest BCUT2D eigenvalue weighted by atomic mass is 28.4. The Morgan fingerprint density at radius 2 is 0.750 bits per heavy atom. The van der Waals surface area contributed by atoms with Crippen LogP contribution in [0.3, 0.4) is 0 Å². The minimum Gasteiger partial charge on any atom is -0.291 e. The van der Waals surface area contributed by atoms with Crippen LogP contribution < -0.4 is 10.4 Å². The highest BCUT2D eigenvalue weighted by Gasteiger charge is 2.41. The van der Waals surface area contributed by atoms with Gasteiger partial charge in [0.15, 0.2) is 0 Å². The van der Waals surface area contributed by atoms with E-state index in [0.29, 0.717) is 10.4 Å². The second kappa shape index (κ2) is 11.1. The maximum atomic E-state index is 17.7. The van der Waals surface area contributed by atoms with Gasteiger partial charge in [0.1, 0.15) is 0 Å². The van der Waals surface area contributed by atoms with Crippen LogP contribution in [0.5, 0.6) is 0 Å². The Balaban J connectivity index is 1.56. The van der Waals surface area contributed by atoms with Crippen LogP contribution >= 0.6 is 0 Å². The van der Waals surface area contributed by atoms with Crippen molar-refractivity contribution in [3.63, 3.8) is 0 Å². The van der Waals surface area contributed by atoms with Crippen molar-refractivity contribution >= 4 is 48.7 Å². The van der Waals surface area contributed by atoms with E-state index in [4.69, 9.17) is 0 Å². The SMILES string of the molecule is F[Si](C#C[Si](F)(Cc1ccccc1)c1cccc2ccccc12)(Cc1ccccc1)c1cccc2ccccc12. The highest BCUT2D eigenvalue weighted by molar-refractivity contribution is 6.98. The number of rotatable bonds is 6. The summed E-state index contributed by atoms with van der Waals surface area (Å²) in [6.07, 6.45) is 0. The minimum absolute atomic E-state index is 0.167. The largest absolute Gasteiger partial charge is 0.358 e. The van der Waals surface area contributed by atoms with Gasteiger partial charge in [0.25, 0.3) is 0 Å². The Kier molecular flexibility index (Phi) is 7.17. The van der Waals surface area contributed by atoms with Crippen molar-refractivity contribution in [2.75, 3.05) is 0 Å². The maximum absolute atomic E-state index is 17.7. The molecule has 40 heavy (non-hydrogen) atoms. The summed E-state index contributed by atoms with van der Waals surface area (Å²) in [6, 6.07) is 46.7. The number of benzene rings is 6.